The molecular weight excluding hydrogens is 380 g/mol. The quantitative estimate of drug-likeness (QED) is 0.725. The van der Waals surface area contributed by atoms with Gasteiger partial charge >= 0.3 is 0 Å². The molecule has 2 heterocycles. The van der Waals surface area contributed by atoms with Crippen LogP contribution < -0.4 is 5.32 Å². The fourth-order valence-corrected chi connectivity index (χ4v) is 3.48. The zero-order valence-corrected chi connectivity index (χ0v) is 18.1. The van der Waals surface area contributed by atoms with Gasteiger partial charge in [0.1, 0.15) is 11.8 Å². The Bertz CT molecular complexity index is 888. The molecule has 1 atom stereocenters. The van der Waals surface area contributed by atoms with E-state index < -0.39 is 0 Å². The third-order valence-corrected chi connectivity index (χ3v) is 5.05. The predicted octanol–water partition coefficient (Wildman–Crippen LogP) is 3.11. The number of nitrogens with zero attached hydrogens (tertiary/aromatic N) is 3. The molecule has 1 aliphatic heterocycles. The lowest BCUT2D eigenvalue weighted by Gasteiger charge is -2.25. The van der Waals surface area contributed by atoms with E-state index in [9.17, 15) is 9.59 Å². The molecule has 0 aliphatic carbocycles. The van der Waals surface area contributed by atoms with Crippen LogP contribution in [0.1, 0.15) is 50.1 Å². The fraction of sp³-hybridized carbons (Fsp3) is 0.435. The average Bonchev–Trinajstić information content (AvgIpc) is 3.37. The molecule has 1 aromatic carbocycles. The second kappa shape index (κ2) is 9.71. The van der Waals surface area contributed by atoms with Gasteiger partial charge in [-0.25, -0.2) is 5.01 Å². The number of furan rings is 1. The number of hydrazone groups is 1. The predicted molar refractivity (Wildman–Crippen MR) is 116 cm³/mol. The molecule has 160 valence electrons. The van der Waals surface area contributed by atoms with Crippen molar-refractivity contribution in [2.24, 2.45) is 5.10 Å². The first kappa shape index (κ1) is 21.8. The van der Waals surface area contributed by atoms with Gasteiger partial charge in [0, 0.05) is 12.5 Å². The summed E-state index contributed by atoms with van der Waals surface area (Å²) in [6.07, 6.45) is 2.19. The lowest BCUT2D eigenvalue weighted by atomic mass is 10.0. The van der Waals surface area contributed by atoms with Crippen LogP contribution in [0.5, 0.6) is 0 Å². The second-order valence-corrected chi connectivity index (χ2v) is 7.91. The number of benzene rings is 1. The summed E-state index contributed by atoms with van der Waals surface area (Å²) in [4.78, 5) is 27.1. The van der Waals surface area contributed by atoms with Gasteiger partial charge in [-0.15, -0.1) is 0 Å². The van der Waals surface area contributed by atoms with Crippen LogP contribution in [-0.2, 0) is 9.59 Å². The molecule has 2 aromatic rings. The summed E-state index contributed by atoms with van der Waals surface area (Å²) in [5.74, 6) is 0.458. The lowest BCUT2D eigenvalue weighted by Crippen LogP contribution is -2.44. The van der Waals surface area contributed by atoms with Crippen LogP contribution in [0.4, 0.5) is 0 Å². The topological polar surface area (TPSA) is 78.2 Å². The van der Waals surface area contributed by atoms with Gasteiger partial charge in [0.05, 0.1) is 25.1 Å². The highest BCUT2D eigenvalue weighted by Crippen LogP contribution is 2.33. The fourth-order valence-electron chi connectivity index (χ4n) is 3.48. The molecule has 1 aromatic heterocycles. The van der Waals surface area contributed by atoms with E-state index in [4.69, 9.17) is 4.42 Å². The molecule has 3 rings (SSSR count). The smallest absolute Gasteiger partial charge is 0.257 e. The molecule has 0 bridgehead atoms. The number of hydrogen-bond acceptors (Lipinski definition) is 5. The van der Waals surface area contributed by atoms with E-state index in [0.29, 0.717) is 18.7 Å². The third-order valence-electron chi connectivity index (χ3n) is 5.05. The molecule has 7 heteroatoms. The number of likely N-dealkylation sites (N-methyl/N-ethyl adjacent to an activating group) is 1. The Labute approximate surface area is 177 Å². The minimum atomic E-state index is -0.285. The van der Waals surface area contributed by atoms with E-state index in [-0.39, 0.29) is 37.0 Å². The molecule has 0 saturated heterocycles. The van der Waals surface area contributed by atoms with E-state index in [0.717, 1.165) is 11.3 Å². The molecule has 30 heavy (non-hydrogen) atoms. The van der Waals surface area contributed by atoms with E-state index >= 15 is 0 Å². The minimum Gasteiger partial charge on any atom is -0.467 e. The van der Waals surface area contributed by atoms with Crippen molar-refractivity contribution in [2.75, 3.05) is 19.6 Å². The zero-order chi connectivity index (χ0) is 21.7. The van der Waals surface area contributed by atoms with Crippen molar-refractivity contribution in [3.05, 3.63) is 59.5 Å². The van der Waals surface area contributed by atoms with Crippen LogP contribution in [0.2, 0.25) is 0 Å². The van der Waals surface area contributed by atoms with E-state index in [1.165, 1.54) is 10.6 Å². The maximum absolute atomic E-state index is 13.2. The zero-order valence-electron chi connectivity index (χ0n) is 18.1. The normalized spacial score (nSPS) is 16.3. The van der Waals surface area contributed by atoms with Gasteiger partial charge in [0.2, 0.25) is 5.91 Å². The molecular formula is C23H30N4O3. The Kier molecular flexibility index (Phi) is 7.05. The van der Waals surface area contributed by atoms with Crippen molar-refractivity contribution in [1.82, 2.24) is 15.2 Å². The lowest BCUT2D eigenvalue weighted by molar-refractivity contribution is -0.135. The van der Waals surface area contributed by atoms with Crippen LogP contribution >= 0.6 is 0 Å². The summed E-state index contributed by atoms with van der Waals surface area (Å²) < 4.78 is 5.60. The van der Waals surface area contributed by atoms with Crippen LogP contribution in [0.25, 0.3) is 0 Å². The summed E-state index contributed by atoms with van der Waals surface area (Å²) in [6, 6.07) is 11.6. The maximum atomic E-state index is 13.2. The number of carbonyl (C=O) groups excluding carboxylic acids is 2. The average molecular weight is 411 g/mol. The largest absolute Gasteiger partial charge is 0.467 e. The number of hydrogen-bond donors (Lipinski definition) is 1. The van der Waals surface area contributed by atoms with Crippen molar-refractivity contribution in [1.29, 1.82) is 0 Å². The highest BCUT2D eigenvalue weighted by atomic mass is 16.3. The monoisotopic (exact) mass is 410 g/mol. The molecule has 1 N–H and O–H groups in total. The van der Waals surface area contributed by atoms with Crippen molar-refractivity contribution in [2.45, 2.75) is 46.2 Å². The molecule has 2 amide bonds. The number of aryl methyl sites for hydroxylation is 1. The van der Waals surface area contributed by atoms with Crippen LogP contribution in [0.15, 0.2) is 52.2 Å². The first-order valence-corrected chi connectivity index (χ1v) is 10.4. The standard InChI is InChI=1S/C23H30N4O3/c1-5-26(14-22(28)24-16(2)3)15-23(29)27-20(21-7-6-12-30-21)13-19(25-27)18-10-8-17(4)9-11-18/h6-12,16,20H,5,13-15H2,1-4H3,(H,24,28)/t20-/m0/s1. The highest BCUT2D eigenvalue weighted by molar-refractivity contribution is 6.03. The summed E-state index contributed by atoms with van der Waals surface area (Å²) in [5, 5.41) is 9.03. The van der Waals surface area contributed by atoms with Gasteiger partial charge in [-0.1, -0.05) is 36.8 Å². The highest BCUT2D eigenvalue weighted by Gasteiger charge is 2.35. The molecule has 7 nitrogen and oxygen atoms in total. The Morgan fingerprint density at radius 3 is 2.57 bits per heavy atom. The number of amides is 2. The van der Waals surface area contributed by atoms with Crippen LogP contribution in [0.3, 0.4) is 0 Å². The first-order chi connectivity index (χ1) is 14.4. The SMILES string of the molecule is CCN(CC(=O)NC(C)C)CC(=O)N1N=C(c2ccc(C)cc2)C[C@H]1c1ccco1. The Balaban J connectivity index is 1.77. The van der Waals surface area contributed by atoms with Gasteiger partial charge in [0.15, 0.2) is 0 Å². The Hall–Kier alpha value is -2.93. The number of rotatable bonds is 8. The second-order valence-electron chi connectivity index (χ2n) is 7.91. The third kappa shape index (κ3) is 5.36. The summed E-state index contributed by atoms with van der Waals surface area (Å²) >= 11 is 0. The minimum absolute atomic E-state index is 0.0653. The molecule has 0 spiro atoms. The van der Waals surface area contributed by atoms with Crippen LogP contribution in [0, 0.1) is 6.92 Å². The Morgan fingerprint density at radius 1 is 1.23 bits per heavy atom. The maximum Gasteiger partial charge on any atom is 0.257 e. The Morgan fingerprint density at radius 2 is 1.97 bits per heavy atom. The van der Waals surface area contributed by atoms with Crippen molar-refractivity contribution >= 4 is 17.5 Å². The van der Waals surface area contributed by atoms with Crippen molar-refractivity contribution in [3.8, 4) is 0 Å². The number of nitrogens with one attached hydrogen (secondary N) is 1. The van der Waals surface area contributed by atoms with E-state index in [2.05, 4.69) is 10.4 Å². The first-order valence-electron chi connectivity index (χ1n) is 10.4. The van der Waals surface area contributed by atoms with Gasteiger partial charge < -0.3 is 9.73 Å². The molecule has 0 radical (unpaired) electrons. The van der Waals surface area contributed by atoms with Crippen LogP contribution in [-0.4, -0.2) is 53.1 Å². The van der Waals surface area contributed by atoms with E-state index in [1.807, 2.05) is 69.0 Å². The van der Waals surface area contributed by atoms with Gasteiger partial charge in [0.25, 0.3) is 5.91 Å². The summed E-state index contributed by atoms with van der Waals surface area (Å²) in [7, 11) is 0. The molecule has 0 fully saturated rings. The number of carbonyl (C=O) groups is 2. The van der Waals surface area contributed by atoms with Crippen molar-refractivity contribution in [3.63, 3.8) is 0 Å². The van der Waals surface area contributed by atoms with E-state index in [1.54, 1.807) is 6.26 Å². The molecule has 0 saturated carbocycles. The van der Waals surface area contributed by atoms with Crippen molar-refractivity contribution < 1.29 is 14.0 Å². The summed E-state index contributed by atoms with van der Waals surface area (Å²) in [6.45, 7) is 8.68. The molecule has 1 aliphatic rings. The molecule has 0 unspecified atom stereocenters. The summed E-state index contributed by atoms with van der Waals surface area (Å²) in [5.41, 5.74) is 3.02. The van der Waals surface area contributed by atoms with Gasteiger partial charge in [-0.3, -0.25) is 14.5 Å². The van der Waals surface area contributed by atoms with Gasteiger partial charge in [-0.05, 0) is 45.0 Å². The van der Waals surface area contributed by atoms with Gasteiger partial charge in [-0.2, -0.15) is 5.10 Å².